The van der Waals surface area contributed by atoms with Crippen molar-refractivity contribution in [1.82, 2.24) is 15.1 Å². The summed E-state index contributed by atoms with van der Waals surface area (Å²) < 4.78 is 0. The van der Waals surface area contributed by atoms with Gasteiger partial charge in [0.15, 0.2) is 0 Å². The molecule has 26 heavy (non-hydrogen) atoms. The first-order valence-corrected chi connectivity index (χ1v) is 11.6. The highest BCUT2D eigenvalue weighted by atomic mass is 32.2. The van der Waals surface area contributed by atoms with Crippen LogP contribution in [0.3, 0.4) is 0 Å². The molecule has 2 saturated heterocycles. The number of nitrogens with one attached hydrogen (secondary N) is 1. The van der Waals surface area contributed by atoms with Gasteiger partial charge in [0.05, 0.1) is 12.6 Å². The van der Waals surface area contributed by atoms with E-state index in [1.54, 1.807) is 4.90 Å². The van der Waals surface area contributed by atoms with Gasteiger partial charge in [-0.05, 0) is 49.9 Å². The summed E-state index contributed by atoms with van der Waals surface area (Å²) in [6.07, 6.45) is 8.40. The molecule has 4 atom stereocenters. The molecule has 1 N–H and O–H groups in total. The van der Waals surface area contributed by atoms with Gasteiger partial charge in [0.2, 0.25) is 5.91 Å². The molecule has 4 aliphatic rings. The maximum atomic E-state index is 12.6. The number of likely N-dealkylation sites (tertiary alicyclic amines) is 1. The number of fused-ring (bicyclic) bond motifs is 2. The predicted octanol–water partition coefficient (Wildman–Crippen LogP) is 2.09. The van der Waals surface area contributed by atoms with E-state index in [1.807, 2.05) is 0 Å². The van der Waals surface area contributed by atoms with Crippen molar-refractivity contribution in [2.75, 3.05) is 44.2 Å². The average molecular weight is 377 g/mol. The van der Waals surface area contributed by atoms with Crippen molar-refractivity contribution in [3.05, 3.63) is 0 Å². The SMILES string of the molecule is N#C[C@@H]1CCCN1C(=O)CNC1CC2(CN3CCSCC3)CCCC1C2. The first-order valence-electron chi connectivity index (χ1n) is 10.4. The molecule has 5 nitrogen and oxygen atoms in total. The minimum Gasteiger partial charge on any atom is -0.326 e. The Labute approximate surface area is 161 Å². The third kappa shape index (κ3) is 3.90. The smallest absolute Gasteiger partial charge is 0.237 e. The fraction of sp³-hybridized carbons (Fsp3) is 0.900. The van der Waals surface area contributed by atoms with Crippen LogP contribution in [0.25, 0.3) is 0 Å². The second kappa shape index (κ2) is 8.08. The van der Waals surface area contributed by atoms with Crippen LogP contribution >= 0.6 is 11.8 Å². The van der Waals surface area contributed by atoms with Crippen LogP contribution in [0.2, 0.25) is 0 Å². The Kier molecular flexibility index (Phi) is 5.78. The van der Waals surface area contributed by atoms with Gasteiger partial charge in [0.1, 0.15) is 6.04 Å². The number of hydrogen-bond acceptors (Lipinski definition) is 5. The third-order valence-electron chi connectivity index (χ3n) is 7.10. The summed E-state index contributed by atoms with van der Waals surface area (Å²) in [4.78, 5) is 17.0. The van der Waals surface area contributed by atoms with Gasteiger partial charge >= 0.3 is 0 Å². The topological polar surface area (TPSA) is 59.4 Å². The highest BCUT2D eigenvalue weighted by molar-refractivity contribution is 7.99. The van der Waals surface area contributed by atoms with Crippen molar-refractivity contribution >= 4 is 17.7 Å². The summed E-state index contributed by atoms with van der Waals surface area (Å²) in [5, 5.41) is 12.8. The van der Waals surface area contributed by atoms with Gasteiger partial charge in [-0.1, -0.05) is 6.42 Å². The highest BCUT2D eigenvalue weighted by Crippen LogP contribution is 2.52. The first kappa shape index (κ1) is 18.6. The monoisotopic (exact) mass is 376 g/mol. The minimum absolute atomic E-state index is 0.123. The lowest BCUT2D eigenvalue weighted by atomic mass is 9.75. The van der Waals surface area contributed by atoms with Crippen LogP contribution < -0.4 is 5.32 Å². The third-order valence-corrected chi connectivity index (χ3v) is 8.04. The molecule has 6 heteroatoms. The van der Waals surface area contributed by atoms with Crippen LogP contribution in [-0.2, 0) is 4.79 Å². The Morgan fingerprint density at radius 3 is 2.85 bits per heavy atom. The maximum absolute atomic E-state index is 12.6. The standard InChI is InChI=1S/C20H32N4OS/c21-13-17-4-2-6-24(17)19(25)14-22-18-12-20(5-1-3-16(18)11-20)15-23-7-9-26-10-8-23/h16-18,22H,1-12,14-15H2/t16?,17-,18?,20?/m0/s1. The largest absolute Gasteiger partial charge is 0.326 e. The molecule has 2 aliphatic heterocycles. The van der Waals surface area contributed by atoms with Crippen LogP contribution in [0.1, 0.15) is 44.9 Å². The van der Waals surface area contributed by atoms with Gasteiger partial charge < -0.3 is 15.1 Å². The van der Waals surface area contributed by atoms with Crippen molar-refractivity contribution in [2.24, 2.45) is 11.3 Å². The van der Waals surface area contributed by atoms with E-state index in [9.17, 15) is 10.1 Å². The number of hydrogen-bond donors (Lipinski definition) is 1. The molecule has 144 valence electrons. The lowest BCUT2D eigenvalue weighted by Gasteiger charge is -2.39. The number of thioether (sulfide) groups is 1. The van der Waals surface area contributed by atoms with Crippen molar-refractivity contribution in [1.29, 1.82) is 5.26 Å². The zero-order chi connectivity index (χ0) is 18.0. The van der Waals surface area contributed by atoms with E-state index in [0.29, 0.717) is 18.0 Å². The molecule has 4 rings (SSSR count). The van der Waals surface area contributed by atoms with Crippen molar-refractivity contribution in [3.8, 4) is 6.07 Å². The minimum atomic E-state index is -0.199. The zero-order valence-electron chi connectivity index (χ0n) is 15.8. The van der Waals surface area contributed by atoms with Crippen molar-refractivity contribution < 1.29 is 4.79 Å². The van der Waals surface area contributed by atoms with Gasteiger partial charge in [-0.2, -0.15) is 17.0 Å². The molecule has 2 saturated carbocycles. The van der Waals surface area contributed by atoms with Crippen LogP contribution in [-0.4, -0.2) is 72.0 Å². The van der Waals surface area contributed by atoms with E-state index in [0.717, 1.165) is 25.3 Å². The lowest BCUT2D eigenvalue weighted by molar-refractivity contribution is -0.130. The lowest BCUT2D eigenvalue weighted by Crippen LogP contribution is -2.44. The summed E-state index contributed by atoms with van der Waals surface area (Å²) >= 11 is 2.08. The van der Waals surface area contributed by atoms with E-state index < -0.39 is 0 Å². The van der Waals surface area contributed by atoms with Crippen LogP contribution in [0.15, 0.2) is 0 Å². The van der Waals surface area contributed by atoms with Crippen molar-refractivity contribution in [3.63, 3.8) is 0 Å². The normalized spacial score (nSPS) is 37.7. The Bertz CT molecular complexity index is 559. The molecule has 0 radical (unpaired) electrons. The number of nitrogens with zero attached hydrogens (tertiary/aromatic N) is 3. The highest BCUT2D eigenvalue weighted by Gasteiger charge is 2.48. The summed E-state index contributed by atoms with van der Waals surface area (Å²) in [6, 6.07) is 2.57. The first-order chi connectivity index (χ1) is 12.7. The van der Waals surface area contributed by atoms with Crippen LogP contribution in [0.4, 0.5) is 0 Å². The Morgan fingerprint density at radius 1 is 1.19 bits per heavy atom. The molecule has 0 spiro atoms. The molecule has 4 fully saturated rings. The molecule has 3 unspecified atom stereocenters. The molecule has 0 aromatic rings. The fourth-order valence-electron chi connectivity index (χ4n) is 5.86. The number of rotatable bonds is 5. The second-order valence-electron chi connectivity index (χ2n) is 8.81. The molecule has 0 aromatic carbocycles. The average Bonchev–Trinajstić information content (AvgIpc) is 3.23. The molecule has 2 heterocycles. The Morgan fingerprint density at radius 2 is 2.04 bits per heavy atom. The van der Waals surface area contributed by atoms with E-state index in [2.05, 4.69) is 28.0 Å². The summed E-state index contributed by atoms with van der Waals surface area (Å²) in [5.74, 6) is 3.43. The quantitative estimate of drug-likeness (QED) is 0.796. The van der Waals surface area contributed by atoms with Gasteiger partial charge in [-0.15, -0.1) is 0 Å². The van der Waals surface area contributed by atoms with Gasteiger partial charge in [-0.3, -0.25) is 4.79 Å². The molecular weight excluding hydrogens is 344 g/mol. The Hall–Kier alpha value is -0.770. The van der Waals surface area contributed by atoms with E-state index >= 15 is 0 Å². The summed E-state index contributed by atoms with van der Waals surface area (Å²) in [6.45, 7) is 4.93. The number of carbonyl (C=O) groups excluding carboxylic acids is 1. The van der Waals surface area contributed by atoms with Gasteiger partial charge in [0.25, 0.3) is 0 Å². The van der Waals surface area contributed by atoms with Crippen LogP contribution in [0, 0.1) is 22.7 Å². The molecule has 2 aliphatic carbocycles. The number of carbonyl (C=O) groups is 1. The van der Waals surface area contributed by atoms with E-state index in [1.165, 1.54) is 63.2 Å². The summed E-state index contributed by atoms with van der Waals surface area (Å²) in [7, 11) is 0. The Balaban J connectivity index is 1.32. The van der Waals surface area contributed by atoms with E-state index in [4.69, 9.17) is 0 Å². The fourth-order valence-corrected chi connectivity index (χ4v) is 6.84. The summed E-state index contributed by atoms with van der Waals surface area (Å²) in [5.41, 5.74) is 0.481. The molecule has 0 aromatic heterocycles. The van der Waals surface area contributed by atoms with Gasteiger partial charge in [-0.25, -0.2) is 0 Å². The second-order valence-corrected chi connectivity index (χ2v) is 10.0. The number of amides is 1. The van der Waals surface area contributed by atoms with Crippen molar-refractivity contribution in [2.45, 2.75) is 57.0 Å². The molecule has 1 amide bonds. The molecule has 2 bridgehead atoms. The van der Waals surface area contributed by atoms with Gasteiger partial charge in [0, 0.05) is 43.7 Å². The maximum Gasteiger partial charge on any atom is 0.237 e. The van der Waals surface area contributed by atoms with E-state index in [-0.39, 0.29) is 11.9 Å². The molecular formula is C20H32N4OS. The predicted molar refractivity (Wildman–Crippen MR) is 105 cm³/mol. The van der Waals surface area contributed by atoms with Crippen LogP contribution in [0.5, 0.6) is 0 Å². The number of nitriles is 1. The zero-order valence-corrected chi connectivity index (χ0v) is 16.6.